The van der Waals surface area contributed by atoms with Crippen LogP contribution in [0.2, 0.25) is 0 Å². The zero-order chi connectivity index (χ0) is 12.3. The maximum atomic E-state index is 4.42. The van der Waals surface area contributed by atoms with Crippen LogP contribution in [0.1, 0.15) is 23.9 Å². The van der Waals surface area contributed by atoms with Crippen molar-refractivity contribution in [3.8, 4) is 0 Å². The molecule has 0 saturated carbocycles. The molecule has 5 nitrogen and oxygen atoms in total. The monoisotopic (exact) mass is 233 g/mol. The SMILES string of the molecule is CCn1ccc(CNCc2cn(C)nc2C)n1. The average molecular weight is 233 g/mol. The molecule has 0 fully saturated rings. The Bertz CT molecular complexity index is 483. The van der Waals surface area contributed by atoms with Gasteiger partial charge < -0.3 is 5.32 Å². The van der Waals surface area contributed by atoms with E-state index in [1.807, 2.05) is 41.8 Å². The number of hydrogen-bond acceptors (Lipinski definition) is 3. The van der Waals surface area contributed by atoms with Crippen molar-refractivity contribution in [3.05, 3.63) is 35.4 Å². The molecule has 0 bridgehead atoms. The first-order valence-electron chi connectivity index (χ1n) is 5.91. The predicted molar refractivity (Wildman–Crippen MR) is 66.4 cm³/mol. The number of nitrogens with zero attached hydrogens (tertiary/aromatic N) is 4. The molecule has 0 aliphatic rings. The fourth-order valence-corrected chi connectivity index (χ4v) is 1.82. The van der Waals surface area contributed by atoms with Gasteiger partial charge in [-0.05, 0) is 19.9 Å². The van der Waals surface area contributed by atoms with E-state index < -0.39 is 0 Å². The Hall–Kier alpha value is -1.62. The summed E-state index contributed by atoms with van der Waals surface area (Å²) in [4.78, 5) is 0. The lowest BCUT2D eigenvalue weighted by atomic mass is 10.2. The van der Waals surface area contributed by atoms with E-state index in [0.717, 1.165) is 31.0 Å². The molecule has 0 aliphatic carbocycles. The van der Waals surface area contributed by atoms with E-state index in [4.69, 9.17) is 0 Å². The van der Waals surface area contributed by atoms with Crippen molar-refractivity contribution in [1.29, 1.82) is 0 Å². The van der Waals surface area contributed by atoms with Crippen LogP contribution in [0.15, 0.2) is 18.5 Å². The lowest BCUT2D eigenvalue weighted by molar-refractivity contribution is 0.619. The minimum absolute atomic E-state index is 0.793. The Morgan fingerprint density at radius 1 is 1.29 bits per heavy atom. The molecule has 0 aromatic carbocycles. The molecule has 2 aromatic rings. The Morgan fingerprint density at radius 3 is 2.71 bits per heavy atom. The van der Waals surface area contributed by atoms with Crippen LogP contribution in [0, 0.1) is 6.92 Å². The van der Waals surface area contributed by atoms with Gasteiger partial charge in [0.05, 0.1) is 11.4 Å². The van der Waals surface area contributed by atoms with Crippen molar-refractivity contribution in [2.45, 2.75) is 33.5 Å². The maximum absolute atomic E-state index is 4.42. The van der Waals surface area contributed by atoms with E-state index in [0.29, 0.717) is 0 Å². The normalized spacial score (nSPS) is 11.0. The van der Waals surface area contributed by atoms with Crippen LogP contribution in [0.4, 0.5) is 0 Å². The first kappa shape index (κ1) is 11.9. The van der Waals surface area contributed by atoms with Gasteiger partial charge in [-0.2, -0.15) is 10.2 Å². The fourth-order valence-electron chi connectivity index (χ4n) is 1.82. The third kappa shape index (κ3) is 2.94. The van der Waals surface area contributed by atoms with Crippen molar-refractivity contribution < 1.29 is 0 Å². The lowest BCUT2D eigenvalue weighted by Gasteiger charge is -2.01. The van der Waals surface area contributed by atoms with Crippen LogP contribution >= 0.6 is 0 Å². The number of nitrogens with one attached hydrogen (secondary N) is 1. The third-order valence-electron chi connectivity index (χ3n) is 2.76. The first-order chi connectivity index (χ1) is 8.19. The van der Waals surface area contributed by atoms with E-state index >= 15 is 0 Å². The third-order valence-corrected chi connectivity index (χ3v) is 2.76. The second-order valence-corrected chi connectivity index (χ2v) is 4.18. The Morgan fingerprint density at radius 2 is 2.12 bits per heavy atom. The van der Waals surface area contributed by atoms with E-state index in [-0.39, 0.29) is 0 Å². The molecule has 17 heavy (non-hydrogen) atoms. The van der Waals surface area contributed by atoms with Crippen molar-refractivity contribution in [1.82, 2.24) is 24.9 Å². The average Bonchev–Trinajstić information content (AvgIpc) is 2.86. The summed E-state index contributed by atoms with van der Waals surface area (Å²) in [6, 6.07) is 2.05. The molecular formula is C12H19N5. The molecule has 0 aliphatic heterocycles. The predicted octanol–water partition coefficient (Wildman–Crippen LogP) is 1.23. The van der Waals surface area contributed by atoms with Gasteiger partial charge in [-0.1, -0.05) is 0 Å². The Labute approximate surface area is 101 Å². The molecule has 0 unspecified atom stereocenters. The van der Waals surface area contributed by atoms with Crippen molar-refractivity contribution in [2.75, 3.05) is 0 Å². The van der Waals surface area contributed by atoms with Gasteiger partial charge in [-0.3, -0.25) is 9.36 Å². The summed E-state index contributed by atoms with van der Waals surface area (Å²) in [5, 5.41) is 12.1. The molecule has 0 spiro atoms. The van der Waals surface area contributed by atoms with Crippen LogP contribution in [-0.2, 0) is 26.7 Å². The van der Waals surface area contributed by atoms with Gasteiger partial charge in [0.15, 0.2) is 0 Å². The molecule has 0 saturated heterocycles. The lowest BCUT2D eigenvalue weighted by Crippen LogP contribution is -2.13. The van der Waals surface area contributed by atoms with E-state index in [1.54, 1.807) is 0 Å². The highest BCUT2D eigenvalue weighted by molar-refractivity contribution is 5.15. The molecule has 2 aromatic heterocycles. The van der Waals surface area contributed by atoms with Gasteiger partial charge in [0.1, 0.15) is 0 Å². The molecule has 0 atom stereocenters. The highest BCUT2D eigenvalue weighted by atomic mass is 15.3. The fraction of sp³-hybridized carbons (Fsp3) is 0.500. The number of hydrogen-bond donors (Lipinski definition) is 1. The molecule has 0 amide bonds. The van der Waals surface area contributed by atoms with Gasteiger partial charge in [0.2, 0.25) is 0 Å². The summed E-state index contributed by atoms with van der Waals surface area (Å²) in [7, 11) is 1.94. The Kier molecular flexibility index (Phi) is 3.58. The highest BCUT2D eigenvalue weighted by Gasteiger charge is 2.03. The first-order valence-corrected chi connectivity index (χ1v) is 5.91. The topological polar surface area (TPSA) is 47.7 Å². The van der Waals surface area contributed by atoms with Gasteiger partial charge >= 0.3 is 0 Å². The van der Waals surface area contributed by atoms with Crippen LogP contribution < -0.4 is 5.32 Å². The summed E-state index contributed by atoms with van der Waals surface area (Å²) < 4.78 is 3.78. The number of aryl methyl sites for hydroxylation is 3. The molecule has 5 heteroatoms. The molecule has 92 valence electrons. The molecular weight excluding hydrogens is 214 g/mol. The summed E-state index contributed by atoms with van der Waals surface area (Å²) in [5.41, 5.74) is 3.40. The summed E-state index contributed by atoms with van der Waals surface area (Å²) in [6.07, 6.45) is 4.05. The molecule has 0 radical (unpaired) electrons. The van der Waals surface area contributed by atoms with Gasteiger partial charge in [0, 0.05) is 44.6 Å². The van der Waals surface area contributed by atoms with Crippen molar-refractivity contribution >= 4 is 0 Å². The molecule has 1 N–H and O–H groups in total. The van der Waals surface area contributed by atoms with Crippen LogP contribution in [0.5, 0.6) is 0 Å². The minimum Gasteiger partial charge on any atom is -0.307 e. The van der Waals surface area contributed by atoms with Crippen molar-refractivity contribution in [3.63, 3.8) is 0 Å². The number of aromatic nitrogens is 4. The summed E-state index contributed by atoms with van der Waals surface area (Å²) in [5.74, 6) is 0. The standard InChI is InChI=1S/C12H19N5/c1-4-17-6-5-12(15-17)8-13-7-11-9-16(3)14-10(11)2/h5-6,9,13H,4,7-8H2,1-3H3. The van der Waals surface area contributed by atoms with E-state index in [9.17, 15) is 0 Å². The quantitative estimate of drug-likeness (QED) is 0.845. The highest BCUT2D eigenvalue weighted by Crippen LogP contribution is 2.04. The Balaban J connectivity index is 1.85. The zero-order valence-corrected chi connectivity index (χ0v) is 10.6. The second-order valence-electron chi connectivity index (χ2n) is 4.18. The van der Waals surface area contributed by atoms with Crippen LogP contribution in [0.3, 0.4) is 0 Å². The van der Waals surface area contributed by atoms with E-state index in [2.05, 4.69) is 22.4 Å². The van der Waals surface area contributed by atoms with Gasteiger partial charge in [0.25, 0.3) is 0 Å². The van der Waals surface area contributed by atoms with Crippen LogP contribution in [0.25, 0.3) is 0 Å². The van der Waals surface area contributed by atoms with Crippen molar-refractivity contribution in [2.24, 2.45) is 7.05 Å². The van der Waals surface area contributed by atoms with Gasteiger partial charge in [-0.25, -0.2) is 0 Å². The smallest absolute Gasteiger partial charge is 0.0762 e. The molecule has 2 rings (SSSR count). The molecule has 2 heterocycles. The van der Waals surface area contributed by atoms with Gasteiger partial charge in [-0.15, -0.1) is 0 Å². The number of rotatable bonds is 5. The minimum atomic E-state index is 0.793. The van der Waals surface area contributed by atoms with E-state index in [1.165, 1.54) is 5.56 Å². The second kappa shape index (κ2) is 5.14. The largest absolute Gasteiger partial charge is 0.307 e. The summed E-state index contributed by atoms with van der Waals surface area (Å²) in [6.45, 7) is 6.66. The van der Waals surface area contributed by atoms with Crippen LogP contribution in [-0.4, -0.2) is 19.6 Å². The summed E-state index contributed by atoms with van der Waals surface area (Å²) >= 11 is 0. The zero-order valence-electron chi connectivity index (χ0n) is 10.6. The maximum Gasteiger partial charge on any atom is 0.0762 e.